The summed E-state index contributed by atoms with van der Waals surface area (Å²) in [6.45, 7) is 6.28. The van der Waals surface area contributed by atoms with E-state index < -0.39 is 10.0 Å². The topological polar surface area (TPSA) is 61.9 Å². The summed E-state index contributed by atoms with van der Waals surface area (Å²) in [7, 11) is -1.39. The van der Waals surface area contributed by atoms with E-state index in [0.29, 0.717) is 24.0 Å². The Hall–Kier alpha value is -1.45. The number of morpholine rings is 1. The third kappa shape index (κ3) is 4.11. The van der Waals surface area contributed by atoms with E-state index in [1.165, 1.54) is 28.2 Å². The molecule has 152 valence electrons. The second-order valence-electron chi connectivity index (χ2n) is 7.44. The van der Waals surface area contributed by atoms with Crippen molar-refractivity contribution in [3.05, 3.63) is 46.3 Å². The lowest BCUT2D eigenvalue weighted by molar-refractivity contribution is 0.0172. The first-order valence-electron chi connectivity index (χ1n) is 9.66. The molecular weight excluding hydrogens is 394 g/mol. The Bertz CT molecular complexity index is 936. The zero-order valence-corrected chi connectivity index (χ0v) is 18.0. The van der Waals surface area contributed by atoms with E-state index in [0.717, 1.165) is 30.9 Å². The summed E-state index contributed by atoms with van der Waals surface area (Å²) in [5, 5.41) is 0. The van der Waals surface area contributed by atoms with Crippen molar-refractivity contribution < 1.29 is 13.2 Å². The molecule has 1 aromatic heterocycles. The largest absolute Gasteiger partial charge is 0.379 e. The number of rotatable bonds is 6. The predicted molar refractivity (Wildman–Crippen MR) is 113 cm³/mol. The molecule has 28 heavy (non-hydrogen) atoms. The van der Waals surface area contributed by atoms with Crippen LogP contribution in [0.5, 0.6) is 0 Å². The number of ether oxygens (including phenoxy) is 1. The van der Waals surface area contributed by atoms with E-state index in [1.807, 2.05) is 13.0 Å². The Kier molecular flexibility index (Phi) is 5.76. The Morgan fingerprint density at radius 3 is 2.68 bits per heavy atom. The van der Waals surface area contributed by atoms with Crippen LogP contribution in [0, 0.1) is 6.92 Å². The van der Waals surface area contributed by atoms with Crippen molar-refractivity contribution in [1.82, 2.24) is 9.62 Å². The summed E-state index contributed by atoms with van der Waals surface area (Å²) in [5.74, 6) is 0. The quantitative estimate of drug-likeness (QED) is 0.776. The highest BCUT2D eigenvalue weighted by atomic mass is 32.2. The number of sulfonamides is 1. The van der Waals surface area contributed by atoms with Crippen LogP contribution in [0.1, 0.15) is 22.0 Å². The number of nitrogens with zero attached hydrogens (tertiary/aromatic N) is 2. The number of thiophene rings is 1. The van der Waals surface area contributed by atoms with Gasteiger partial charge in [-0.3, -0.25) is 4.90 Å². The fourth-order valence-electron chi connectivity index (χ4n) is 3.96. The van der Waals surface area contributed by atoms with E-state index in [1.54, 1.807) is 6.07 Å². The first kappa shape index (κ1) is 19.8. The molecule has 2 aliphatic rings. The second kappa shape index (κ2) is 8.12. The van der Waals surface area contributed by atoms with Crippen LogP contribution < -0.4 is 9.62 Å². The van der Waals surface area contributed by atoms with Gasteiger partial charge in [-0.25, -0.2) is 13.1 Å². The van der Waals surface area contributed by atoms with Gasteiger partial charge >= 0.3 is 0 Å². The third-order valence-corrected chi connectivity index (χ3v) is 8.47. The molecule has 8 heteroatoms. The van der Waals surface area contributed by atoms with E-state index in [9.17, 15) is 8.42 Å². The molecule has 3 heterocycles. The highest BCUT2D eigenvalue weighted by Crippen LogP contribution is 2.31. The number of benzene rings is 1. The molecule has 2 aliphatic heterocycles. The predicted octanol–water partition coefficient (Wildman–Crippen LogP) is 2.40. The highest BCUT2D eigenvalue weighted by Gasteiger charge is 2.27. The molecule has 1 aromatic carbocycles. The Morgan fingerprint density at radius 1 is 1.18 bits per heavy atom. The number of anilines is 1. The van der Waals surface area contributed by atoms with Gasteiger partial charge in [0.05, 0.1) is 13.2 Å². The average Bonchev–Trinajstić information content (AvgIpc) is 3.29. The molecule has 0 saturated carbocycles. The Balaban J connectivity index is 1.57. The fourth-order valence-corrected chi connectivity index (χ4v) is 6.32. The molecule has 1 N–H and O–H groups in total. The van der Waals surface area contributed by atoms with E-state index in [-0.39, 0.29) is 6.04 Å². The summed E-state index contributed by atoms with van der Waals surface area (Å²) >= 11 is 1.30. The average molecular weight is 422 g/mol. The van der Waals surface area contributed by atoms with E-state index in [2.05, 4.69) is 39.8 Å². The summed E-state index contributed by atoms with van der Waals surface area (Å²) in [4.78, 5) is 5.59. The van der Waals surface area contributed by atoms with Gasteiger partial charge in [0.2, 0.25) is 10.0 Å². The number of likely N-dealkylation sites (N-methyl/N-ethyl adjacent to an activating group) is 1. The molecule has 1 atom stereocenters. The van der Waals surface area contributed by atoms with Crippen molar-refractivity contribution in [2.24, 2.45) is 0 Å². The zero-order chi connectivity index (χ0) is 19.7. The summed E-state index contributed by atoms with van der Waals surface area (Å²) in [5.41, 5.74) is 3.79. The normalized spacial score (nSPS) is 19.0. The summed E-state index contributed by atoms with van der Waals surface area (Å²) in [6, 6.07) is 10.1. The van der Waals surface area contributed by atoms with Gasteiger partial charge < -0.3 is 9.64 Å². The van der Waals surface area contributed by atoms with Crippen LogP contribution in [0.15, 0.2) is 34.5 Å². The molecular formula is C20H27N3O3S2. The lowest BCUT2D eigenvalue weighted by Crippen LogP contribution is -2.43. The maximum absolute atomic E-state index is 12.7. The maximum Gasteiger partial charge on any atom is 0.250 e. The lowest BCUT2D eigenvalue weighted by atomic mass is 10.0. The molecule has 0 bridgehead atoms. The second-order valence-corrected chi connectivity index (χ2v) is 10.7. The van der Waals surface area contributed by atoms with Crippen LogP contribution in [-0.4, -0.2) is 59.8 Å². The minimum Gasteiger partial charge on any atom is -0.379 e. The number of hydrogen-bond donors (Lipinski definition) is 1. The molecule has 1 saturated heterocycles. The van der Waals surface area contributed by atoms with Crippen molar-refractivity contribution >= 4 is 27.0 Å². The van der Waals surface area contributed by atoms with Gasteiger partial charge in [-0.05, 0) is 42.7 Å². The molecule has 1 unspecified atom stereocenters. The fraction of sp³-hybridized carbons (Fsp3) is 0.500. The molecule has 0 amide bonds. The van der Waals surface area contributed by atoms with Crippen LogP contribution in [0.25, 0.3) is 0 Å². The first-order chi connectivity index (χ1) is 13.4. The number of fused-ring (bicyclic) bond motifs is 1. The highest BCUT2D eigenvalue weighted by molar-refractivity contribution is 7.91. The standard InChI is InChI=1S/C20H27N3O3S2/c1-15-3-6-20(27-15)28(24,25)21-14-19(23-9-11-26-12-10-23)16-4-5-18-17(13-16)7-8-22(18)2/h3-6,13,19,21H,7-12,14H2,1-2H3. The van der Waals surface area contributed by atoms with Gasteiger partial charge in [-0.15, -0.1) is 11.3 Å². The number of hydrogen-bond acceptors (Lipinski definition) is 6. The molecule has 1 fully saturated rings. The van der Waals surface area contributed by atoms with E-state index in [4.69, 9.17) is 4.74 Å². The number of nitrogens with one attached hydrogen (secondary N) is 1. The first-order valence-corrected chi connectivity index (χ1v) is 12.0. The van der Waals surface area contributed by atoms with Crippen LogP contribution in [0.3, 0.4) is 0 Å². The van der Waals surface area contributed by atoms with Gasteiger partial charge in [0, 0.05) is 49.8 Å². The van der Waals surface area contributed by atoms with Crippen molar-refractivity contribution in [3.63, 3.8) is 0 Å². The minimum absolute atomic E-state index is 0.00376. The van der Waals surface area contributed by atoms with Gasteiger partial charge in [-0.2, -0.15) is 0 Å². The third-order valence-electron chi connectivity index (χ3n) is 5.55. The van der Waals surface area contributed by atoms with Gasteiger partial charge in [0.1, 0.15) is 4.21 Å². The Labute approximate surface area is 171 Å². The van der Waals surface area contributed by atoms with Crippen molar-refractivity contribution in [1.29, 1.82) is 0 Å². The molecule has 2 aromatic rings. The lowest BCUT2D eigenvalue weighted by Gasteiger charge is -2.35. The Morgan fingerprint density at radius 2 is 1.96 bits per heavy atom. The molecule has 6 nitrogen and oxygen atoms in total. The summed E-state index contributed by atoms with van der Waals surface area (Å²) in [6.07, 6.45) is 1.04. The molecule has 0 spiro atoms. The monoisotopic (exact) mass is 421 g/mol. The SMILES string of the molecule is Cc1ccc(S(=O)(=O)NCC(c2ccc3c(c2)CCN3C)N2CCOCC2)s1. The molecule has 4 rings (SSSR count). The van der Waals surface area contributed by atoms with Crippen LogP contribution in [0.4, 0.5) is 5.69 Å². The van der Waals surface area contributed by atoms with Crippen LogP contribution in [-0.2, 0) is 21.2 Å². The van der Waals surface area contributed by atoms with Crippen molar-refractivity contribution in [3.8, 4) is 0 Å². The van der Waals surface area contributed by atoms with Crippen LogP contribution in [0.2, 0.25) is 0 Å². The van der Waals surface area contributed by atoms with Crippen molar-refractivity contribution in [2.75, 3.05) is 51.3 Å². The van der Waals surface area contributed by atoms with Gasteiger partial charge in [-0.1, -0.05) is 12.1 Å². The van der Waals surface area contributed by atoms with E-state index >= 15 is 0 Å². The summed E-state index contributed by atoms with van der Waals surface area (Å²) < 4.78 is 34.2. The number of aryl methyl sites for hydroxylation is 1. The zero-order valence-electron chi connectivity index (χ0n) is 16.3. The smallest absolute Gasteiger partial charge is 0.250 e. The van der Waals surface area contributed by atoms with Gasteiger partial charge in [0.25, 0.3) is 0 Å². The molecule has 0 aliphatic carbocycles. The van der Waals surface area contributed by atoms with Crippen LogP contribution >= 0.6 is 11.3 Å². The van der Waals surface area contributed by atoms with Crippen molar-refractivity contribution in [2.45, 2.75) is 23.6 Å². The minimum atomic E-state index is -3.50. The van der Waals surface area contributed by atoms with Gasteiger partial charge in [0.15, 0.2) is 0 Å². The molecule has 0 radical (unpaired) electrons. The maximum atomic E-state index is 12.7.